The van der Waals surface area contributed by atoms with E-state index in [0.29, 0.717) is 11.3 Å². The number of H-pyrrole nitrogens is 1. The highest BCUT2D eigenvalue weighted by molar-refractivity contribution is 5.80. The highest BCUT2D eigenvalue weighted by atomic mass is 16.6. The number of anilines is 1. The quantitative estimate of drug-likeness (QED) is 0.483. The summed E-state index contributed by atoms with van der Waals surface area (Å²) in [5, 5.41) is 20.3. The number of hydrazone groups is 1. The van der Waals surface area contributed by atoms with Crippen LogP contribution in [0.5, 0.6) is 0 Å². The number of nitrogens with zero attached hydrogens (tertiary/aromatic N) is 4. The average molecular weight is 274 g/mol. The predicted molar refractivity (Wildman–Crippen MR) is 71.7 cm³/mol. The molecule has 0 spiro atoms. The highest BCUT2D eigenvalue weighted by Gasteiger charge is 2.03. The van der Waals surface area contributed by atoms with Crippen molar-refractivity contribution in [3.63, 3.8) is 0 Å². The molecule has 0 saturated carbocycles. The SMILES string of the molecule is Cc1n[nH]c(=O)nc1N/N=C\c1ccc([N+](=O)[O-])cc1. The van der Waals surface area contributed by atoms with Crippen LogP contribution in [0, 0.1) is 17.0 Å². The first-order chi connectivity index (χ1) is 9.56. The zero-order chi connectivity index (χ0) is 14.5. The van der Waals surface area contributed by atoms with Gasteiger partial charge in [-0.05, 0) is 24.6 Å². The predicted octanol–water partition coefficient (Wildman–Crippen LogP) is 0.828. The minimum Gasteiger partial charge on any atom is -0.260 e. The maximum atomic E-state index is 11.0. The molecule has 1 aromatic carbocycles. The minimum atomic E-state index is -0.580. The van der Waals surface area contributed by atoms with Crippen molar-refractivity contribution in [2.45, 2.75) is 6.92 Å². The van der Waals surface area contributed by atoms with Gasteiger partial charge in [-0.15, -0.1) is 0 Å². The fourth-order valence-corrected chi connectivity index (χ4v) is 1.35. The van der Waals surface area contributed by atoms with E-state index >= 15 is 0 Å². The summed E-state index contributed by atoms with van der Waals surface area (Å²) in [5.74, 6) is 0.243. The number of aromatic amines is 1. The number of nitrogens with one attached hydrogen (secondary N) is 2. The van der Waals surface area contributed by atoms with Gasteiger partial charge in [-0.1, -0.05) is 0 Å². The third-order valence-electron chi connectivity index (χ3n) is 2.36. The molecule has 0 amide bonds. The topological polar surface area (TPSA) is 126 Å². The number of aromatic nitrogens is 3. The van der Waals surface area contributed by atoms with E-state index in [-0.39, 0.29) is 11.5 Å². The molecule has 2 rings (SSSR count). The van der Waals surface area contributed by atoms with Crippen LogP contribution in [-0.4, -0.2) is 26.3 Å². The third-order valence-corrected chi connectivity index (χ3v) is 2.36. The number of aryl methyl sites for hydroxylation is 1. The zero-order valence-electron chi connectivity index (χ0n) is 10.4. The molecule has 102 valence electrons. The lowest BCUT2D eigenvalue weighted by Crippen LogP contribution is -2.15. The van der Waals surface area contributed by atoms with Crippen LogP contribution in [0.4, 0.5) is 11.5 Å². The maximum Gasteiger partial charge on any atom is 0.363 e. The number of hydrogen-bond donors (Lipinski definition) is 2. The Balaban J connectivity index is 2.08. The van der Waals surface area contributed by atoms with Crippen LogP contribution in [0.1, 0.15) is 11.3 Å². The van der Waals surface area contributed by atoms with Gasteiger partial charge in [0.25, 0.3) is 5.69 Å². The molecule has 2 N–H and O–H groups in total. The molecule has 1 aromatic heterocycles. The molecule has 0 radical (unpaired) electrons. The summed E-state index contributed by atoms with van der Waals surface area (Å²) in [7, 11) is 0. The number of hydrogen-bond acceptors (Lipinski definition) is 7. The van der Waals surface area contributed by atoms with Gasteiger partial charge < -0.3 is 0 Å². The lowest BCUT2D eigenvalue weighted by Gasteiger charge is -2.00. The normalized spacial score (nSPS) is 10.7. The van der Waals surface area contributed by atoms with Crippen LogP contribution in [0.15, 0.2) is 34.2 Å². The van der Waals surface area contributed by atoms with Crippen LogP contribution in [0.25, 0.3) is 0 Å². The van der Waals surface area contributed by atoms with Crippen LogP contribution < -0.4 is 11.1 Å². The minimum absolute atomic E-state index is 0.00594. The number of nitro groups is 1. The summed E-state index contributed by atoms with van der Waals surface area (Å²) in [6.45, 7) is 1.66. The monoisotopic (exact) mass is 274 g/mol. The van der Waals surface area contributed by atoms with Crippen molar-refractivity contribution in [2.75, 3.05) is 5.43 Å². The van der Waals surface area contributed by atoms with Crippen molar-refractivity contribution in [2.24, 2.45) is 5.10 Å². The summed E-state index contributed by atoms with van der Waals surface area (Å²) in [5.41, 5.74) is 3.16. The number of nitro benzene ring substituents is 1. The first-order valence-corrected chi connectivity index (χ1v) is 5.53. The Bertz CT molecular complexity index is 707. The Kier molecular flexibility index (Phi) is 3.80. The molecule has 1 heterocycles. The van der Waals surface area contributed by atoms with E-state index in [4.69, 9.17) is 0 Å². The molecule has 0 aliphatic rings. The molecule has 20 heavy (non-hydrogen) atoms. The number of benzene rings is 1. The van der Waals surface area contributed by atoms with Gasteiger partial charge in [0.15, 0.2) is 5.82 Å². The fraction of sp³-hybridized carbons (Fsp3) is 0.0909. The van der Waals surface area contributed by atoms with E-state index in [0.717, 1.165) is 0 Å². The molecular formula is C11H10N6O3. The molecule has 0 fully saturated rings. The smallest absolute Gasteiger partial charge is 0.260 e. The van der Waals surface area contributed by atoms with Gasteiger partial charge in [-0.2, -0.15) is 15.2 Å². The van der Waals surface area contributed by atoms with Gasteiger partial charge in [0, 0.05) is 12.1 Å². The Morgan fingerprint density at radius 3 is 2.75 bits per heavy atom. The largest absolute Gasteiger partial charge is 0.363 e. The second kappa shape index (κ2) is 5.69. The Labute approximate surface area is 112 Å². The molecule has 0 aliphatic carbocycles. The van der Waals surface area contributed by atoms with Gasteiger partial charge in [0.2, 0.25) is 0 Å². The molecule has 9 heteroatoms. The van der Waals surface area contributed by atoms with Crippen LogP contribution >= 0.6 is 0 Å². The lowest BCUT2D eigenvalue weighted by atomic mass is 10.2. The molecule has 0 unspecified atom stereocenters. The Morgan fingerprint density at radius 2 is 2.10 bits per heavy atom. The molecule has 2 aromatic rings. The van der Waals surface area contributed by atoms with Crippen LogP contribution in [-0.2, 0) is 0 Å². The molecule has 9 nitrogen and oxygen atoms in total. The summed E-state index contributed by atoms with van der Waals surface area (Å²) in [6.07, 6.45) is 1.45. The van der Waals surface area contributed by atoms with Gasteiger partial charge in [0.05, 0.1) is 11.1 Å². The average Bonchev–Trinajstić information content (AvgIpc) is 2.43. The van der Waals surface area contributed by atoms with Crippen molar-refractivity contribution in [3.8, 4) is 0 Å². The zero-order valence-corrected chi connectivity index (χ0v) is 10.4. The van der Waals surface area contributed by atoms with E-state index in [1.54, 1.807) is 19.1 Å². The van der Waals surface area contributed by atoms with Gasteiger partial charge in [0.1, 0.15) is 5.69 Å². The van der Waals surface area contributed by atoms with E-state index in [9.17, 15) is 14.9 Å². The van der Waals surface area contributed by atoms with Gasteiger partial charge >= 0.3 is 5.69 Å². The summed E-state index contributed by atoms with van der Waals surface area (Å²) >= 11 is 0. The molecular weight excluding hydrogens is 264 g/mol. The second-order valence-corrected chi connectivity index (χ2v) is 3.79. The maximum absolute atomic E-state index is 11.0. The van der Waals surface area contributed by atoms with E-state index in [2.05, 4.69) is 25.7 Å². The second-order valence-electron chi connectivity index (χ2n) is 3.79. The van der Waals surface area contributed by atoms with Gasteiger partial charge in [-0.25, -0.2) is 9.89 Å². The van der Waals surface area contributed by atoms with Gasteiger partial charge in [-0.3, -0.25) is 15.5 Å². The molecule has 0 saturated heterocycles. The molecule has 0 atom stereocenters. The van der Waals surface area contributed by atoms with Crippen LogP contribution in [0.2, 0.25) is 0 Å². The van der Waals surface area contributed by atoms with E-state index < -0.39 is 10.6 Å². The Hall–Kier alpha value is -3.10. The Morgan fingerprint density at radius 1 is 1.40 bits per heavy atom. The summed E-state index contributed by atoms with van der Waals surface area (Å²) in [6, 6.07) is 5.86. The number of rotatable bonds is 4. The van der Waals surface area contributed by atoms with E-state index in [1.807, 2.05) is 0 Å². The first kappa shape index (κ1) is 13.3. The van der Waals surface area contributed by atoms with Crippen molar-refractivity contribution < 1.29 is 4.92 Å². The van der Waals surface area contributed by atoms with Crippen molar-refractivity contribution >= 4 is 17.7 Å². The summed E-state index contributed by atoms with van der Waals surface area (Å²) < 4.78 is 0. The van der Waals surface area contributed by atoms with E-state index in [1.165, 1.54) is 18.3 Å². The fourth-order valence-electron chi connectivity index (χ4n) is 1.35. The highest BCUT2D eigenvalue weighted by Crippen LogP contribution is 2.10. The first-order valence-electron chi connectivity index (χ1n) is 5.53. The molecule has 0 bridgehead atoms. The lowest BCUT2D eigenvalue weighted by molar-refractivity contribution is -0.384. The van der Waals surface area contributed by atoms with Crippen molar-refractivity contribution in [1.29, 1.82) is 0 Å². The van der Waals surface area contributed by atoms with Crippen molar-refractivity contribution in [1.82, 2.24) is 15.2 Å². The van der Waals surface area contributed by atoms with Crippen LogP contribution in [0.3, 0.4) is 0 Å². The summed E-state index contributed by atoms with van der Waals surface area (Å²) in [4.78, 5) is 24.7. The standard InChI is InChI=1S/C11H10N6O3/c1-7-10(13-11(18)16-14-7)15-12-6-8-2-4-9(5-3-8)17(19)20/h2-6H,1H3,(H2,13,15,16,18)/b12-6-. The third kappa shape index (κ3) is 3.22. The van der Waals surface area contributed by atoms with Crippen molar-refractivity contribution in [3.05, 3.63) is 56.1 Å². The molecule has 0 aliphatic heterocycles. The number of non-ortho nitro benzene ring substituents is 1.